The third-order valence-corrected chi connectivity index (χ3v) is 3.50. The molecule has 4 heteroatoms. The van der Waals surface area contributed by atoms with Crippen LogP contribution >= 0.6 is 0 Å². The highest BCUT2D eigenvalue weighted by Crippen LogP contribution is 2.35. The number of nitrogens with zero attached hydrogens (tertiary/aromatic N) is 1. The van der Waals surface area contributed by atoms with Crippen LogP contribution in [0.1, 0.15) is 16.7 Å². The highest BCUT2D eigenvalue weighted by atomic mass is 16.4. The van der Waals surface area contributed by atoms with E-state index in [1.807, 2.05) is 11.9 Å². The maximum atomic E-state index is 11.0. The molecule has 0 spiro atoms. The second kappa shape index (κ2) is 4.04. The second-order valence-corrected chi connectivity index (χ2v) is 4.84. The van der Waals surface area contributed by atoms with Crippen molar-refractivity contribution in [1.82, 2.24) is 0 Å². The number of rotatable bonds is 2. The van der Waals surface area contributed by atoms with Gasteiger partial charge in [-0.25, -0.2) is 0 Å². The molecule has 0 saturated carbocycles. The Labute approximate surface area is 101 Å². The number of benzene rings is 1. The molecule has 0 radical (unpaired) electrons. The fourth-order valence-corrected chi connectivity index (χ4v) is 2.77. The molecule has 2 unspecified atom stereocenters. The number of hydrogen-bond acceptors (Lipinski definition) is 3. The van der Waals surface area contributed by atoms with E-state index in [-0.39, 0.29) is 6.04 Å². The summed E-state index contributed by atoms with van der Waals surface area (Å²) in [6, 6.07) is 3.24. The average Bonchev–Trinajstić information content (AvgIpc) is 2.54. The largest absolute Gasteiger partial charge is 0.480 e. The summed E-state index contributed by atoms with van der Waals surface area (Å²) >= 11 is 0. The molecule has 4 nitrogen and oxygen atoms in total. The molecule has 1 aromatic rings. The summed E-state index contributed by atoms with van der Waals surface area (Å²) in [5.41, 5.74) is 10.5. The zero-order valence-corrected chi connectivity index (χ0v) is 10.4. The number of nitrogens with two attached hydrogens (primary N) is 1. The SMILES string of the molecule is Cc1cc(C)c2c(c1)CC(C(N)C(=O)O)N2C. The van der Waals surface area contributed by atoms with Crippen LogP contribution < -0.4 is 10.6 Å². The van der Waals surface area contributed by atoms with Crippen LogP contribution in [0.5, 0.6) is 0 Å². The van der Waals surface area contributed by atoms with E-state index in [0.717, 1.165) is 5.69 Å². The van der Waals surface area contributed by atoms with Crippen molar-refractivity contribution in [2.75, 3.05) is 11.9 Å². The average molecular weight is 234 g/mol. The van der Waals surface area contributed by atoms with Crippen LogP contribution in [0.25, 0.3) is 0 Å². The highest BCUT2D eigenvalue weighted by Gasteiger charge is 2.35. The summed E-state index contributed by atoms with van der Waals surface area (Å²) in [6.07, 6.45) is 0.710. The van der Waals surface area contributed by atoms with Gasteiger partial charge in [0.1, 0.15) is 6.04 Å². The van der Waals surface area contributed by atoms with Gasteiger partial charge in [-0.05, 0) is 31.4 Å². The number of likely N-dealkylation sites (N-methyl/N-ethyl adjacent to an activating group) is 1. The van der Waals surface area contributed by atoms with Crippen molar-refractivity contribution in [2.24, 2.45) is 5.73 Å². The summed E-state index contributed by atoms with van der Waals surface area (Å²) in [7, 11) is 1.92. The molecule has 1 aliphatic rings. The van der Waals surface area contributed by atoms with Crippen molar-refractivity contribution >= 4 is 11.7 Å². The fourth-order valence-electron chi connectivity index (χ4n) is 2.77. The number of aryl methyl sites for hydroxylation is 2. The van der Waals surface area contributed by atoms with Crippen LogP contribution in [-0.2, 0) is 11.2 Å². The standard InChI is InChI=1S/C13H18N2O2/c1-7-4-8(2)12-9(5-7)6-10(15(12)3)11(14)13(16)17/h4-5,10-11H,6,14H2,1-3H3,(H,16,17). The third kappa shape index (κ3) is 1.89. The molecule has 0 amide bonds. The predicted octanol–water partition coefficient (Wildman–Crippen LogP) is 1.08. The minimum atomic E-state index is -0.941. The normalized spacial score (nSPS) is 20.2. The Morgan fingerprint density at radius 1 is 1.53 bits per heavy atom. The van der Waals surface area contributed by atoms with E-state index in [0.29, 0.717) is 6.42 Å². The molecule has 3 N–H and O–H groups in total. The predicted molar refractivity (Wildman–Crippen MR) is 67.4 cm³/mol. The van der Waals surface area contributed by atoms with Gasteiger partial charge in [0.2, 0.25) is 0 Å². The molecule has 0 saturated heterocycles. The summed E-state index contributed by atoms with van der Waals surface area (Å²) in [4.78, 5) is 13.0. The van der Waals surface area contributed by atoms with Crippen molar-refractivity contribution in [1.29, 1.82) is 0 Å². The summed E-state index contributed by atoms with van der Waals surface area (Å²) in [6.45, 7) is 4.11. The first-order chi connectivity index (χ1) is 7.91. The number of anilines is 1. The Bertz CT molecular complexity index is 471. The third-order valence-electron chi connectivity index (χ3n) is 3.50. The summed E-state index contributed by atoms with van der Waals surface area (Å²) in [5.74, 6) is -0.941. The van der Waals surface area contributed by atoms with Gasteiger partial charge in [-0.2, -0.15) is 0 Å². The van der Waals surface area contributed by atoms with Crippen molar-refractivity contribution in [3.8, 4) is 0 Å². The van der Waals surface area contributed by atoms with Gasteiger partial charge in [-0.1, -0.05) is 17.7 Å². The number of aliphatic carboxylic acids is 1. The van der Waals surface area contributed by atoms with Crippen LogP contribution in [0.3, 0.4) is 0 Å². The van der Waals surface area contributed by atoms with Crippen LogP contribution in [0.4, 0.5) is 5.69 Å². The molecule has 0 aliphatic carbocycles. The zero-order valence-electron chi connectivity index (χ0n) is 10.4. The molecule has 2 atom stereocenters. The summed E-state index contributed by atoms with van der Waals surface area (Å²) in [5, 5.41) is 9.01. The Balaban J connectivity index is 2.39. The molecule has 0 aromatic heterocycles. The molecule has 0 fully saturated rings. The van der Waals surface area contributed by atoms with E-state index < -0.39 is 12.0 Å². The van der Waals surface area contributed by atoms with E-state index >= 15 is 0 Å². The number of carboxylic acids is 1. The molecule has 17 heavy (non-hydrogen) atoms. The van der Waals surface area contributed by atoms with Gasteiger partial charge < -0.3 is 15.7 Å². The lowest BCUT2D eigenvalue weighted by atomic mass is 10.0. The minimum Gasteiger partial charge on any atom is -0.480 e. The van der Waals surface area contributed by atoms with E-state index in [9.17, 15) is 4.79 Å². The topological polar surface area (TPSA) is 66.6 Å². The van der Waals surface area contributed by atoms with Crippen LogP contribution in [0, 0.1) is 13.8 Å². The van der Waals surface area contributed by atoms with E-state index in [4.69, 9.17) is 10.8 Å². The molecule has 1 heterocycles. The van der Waals surface area contributed by atoms with Gasteiger partial charge in [0.15, 0.2) is 0 Å². The molecule has 1 aromatic carbocycles. The van der Waals surface area contributed by atoms with Crippen LogP contribution in [-0.4, -0.2) is 30.2 Å². The second-order valence-electron chi connectivity index (χ2n) is 4.84. The summed E-state index contributed by atoms with van der Waals surface area (Å²) < 4.78 is 0. The lowest BCUT2D eigenvalue weighted by Gasteiger charge is -2.26. The Morgan fingerprint density at radius 3 is 2.76 bits per heavy atom. The molecule has 2 rings (SSSR count). The number of carboxylic acid groups (broad SMARTS) is 1. The van der Waals surface area contributed by atoms with Gasteiger partial charge in [0.25, 0.3) is 0 Å². The molecular weight excluding hydrogens is 216 g/mol. The number of hydrogen-bond donors (Lipinski definition) is 2. The first-order valence-corrected chi connectivity index (χ1v) is 5.73. The van der Waals surface area contributed by atoms with Crippen molar-refractivity contribution in [2.45, 2.75) is 32.4 Å². The van der Waals surface area contributed by atoms with Gasteiger partial charge in [-0.3, -0.25) is 4.79 Å². The van der Waals surface area contributed by atoms with Crippen LogP contribution in [0.2, 0.25) is 0 Å². The van der Waals surface area contributed by atoms with Gasteiger partial charge >= 0.3 is 5.97 Å². The quantitative estimate of drug-likeness (QED) is 0.803. The van der Waals surface area contributed by atoms with Gasteiger partial charge in [-0.15, -0.1) is 0 Å². The lowest BCUT2D eigenvalue weighted by Crippen LogP contribution is -2.49. The first kappa shape index (κ1) is 11.9. The molecular formula is C13H18N2O2. The Kier molecular flexibility index (Phi) is 2.83. The molecule has 0 bridgehead atoms. The fraction of sp³-hybridized carbons (Fsp3) is 0.462. The molecule has 92 valence electrons. The van der Waals surface area contributed by atoms with Crippen molar-refractivity contribution in [3.63, 3.8) is 0 Å². The Hall–Kier alpha value is -1.55. The van der Waals surface area contributed by atoms with Crippen molar-refractivity contribution < 1.29 is 9.90 Å². The lowest BCUT2D eigenvalue weighted by molar-refractivity contribution is -0.138. The van der Waals surface area contributed by atoms with Gasteiger partial charge in [0, 0.05) is 12.7 Å². The van der Waals surface area contributed by atoms with E-state index in [2.05, 4.69) is 26.0 Å². The van der Waals surface area contributed by atoms with Crippen LogP contribution in [0.15, 0.2) is 12.1 Å². The maximum absolute atomic E-state index is 11.0. The minimum absolute atomic E-state index is 0.150. The smallest absolute Gasteiger partial charge is 0.322 e. The molecule has 1 aliphatic heterocycles. The Morgan fingerprint density at radius 2 is 2.18 bits per heavy atom. The first-order valence-electron chi connectivity index (χ1n) is 5.73. The highest BCUT2D eigenvalue weighted by molar-refractivity contribution is 5.77. The monoisotopic (exact) mass is 234 g/mol. The van der Waals surface area contributed by atoms with Gasteiger partial charge in [0.05, 0.1) is 6.04 Å². The zero-order chi connectivity index (χ0) is 12.7. The van der Waals surface area contributed by atoms with E-state index in [1.165, 1.54) is 16.7 Å². The van der Waals surface area contributed by atoms with E-state index in [1.54, 1.807) is 0 Å². The van der Waals surface area contributed by atoms with Crippen molar-refractivity contribution in [3.05, 3.63) is 28.8 Å². The number of fused-ring (bicyclic) bond motifs is 1. The number of carbonyl (C=O) groups is 1. The maximum Gasteiger partial charge on any atom is 0.322 e.